The van der Waals surface area contributed by atoms with E-state index in [0.717, 1.165) is 55.8 Å². The summed E-state index contributed by atoms with van der Waals surface area (Å²) in [5.41, 5.74) is 2.24. The van der Waals surface area contributed by atoms with Gasteiger partial charge in [0.1, 0.15) is 5.75 Å². The minimum atomic E-state index is -0.171. The molecule has 0 spiro atoms. The molecule has 33 heavy (non-hydrogen) atoms. The Morgan fingerprint density at radius 2 is 1.30 bits per heavy atom. The highest BCUT2D eigenvalue weighted by Crippen LogP contribution is 2.22. The average molecular weight is 455 g/mol. The Morgan fingerprint density at radius 3 is 1.97 bits per heavy atom. The van der Waals surface area contributed by atoms with Gasteiger partial charge in [-0.2, -0.15) is 0 Å². The van der Waals surface area contributed by atoms with Crippen molar-refractivity contribution in [3.63, 3.8) is 0 Å². The molecule has 1 unspecified atom stereocenters. The predicted molar refractivity (Wildman–Crippen MR) is 139 cm³/mol. The van der Waals surface area contributed by atoms with Gasteiger partial charge in [-0.15, -0.1) is 0 Å². The Labute approximate surface area is 202 Å². The fourth-order valence-corrected chi connectivity index (χ4v) is 3.87. The summed E-state index contributed by atoms with van der Waals surface area (Å²) in [4.78, 5) is 9.20. The van der Waals surface area contributed by atoms with Crippen molar-refractivity contribution < 1.29 is 9.47 Å². The molecule has 0 saturated carbocycles. The molecule has 2 rings (SSSR count). The fourth-order valence-electron chi connectivity index (χ4n) is 3.87. The van der Waals surface area contributed by atoms with E-state index in [9.17, 15) is 0 Å². The van der Waals surface area contributed by atoms with Crippen molar-refractivity contribution in [2.75, 3.05) is 6.61 Å². The topological polar surface area (TPSA) is 44.2 Å². The third-order valence-electron chi connectivity index (χ3n) is 6.00. The average Bonchev–Trinajstić information content (AvgIpc) is 2.85. The lowest BCUT2D eigenvalue weighted by atomic mass is 10.1. The normalized spacial score (nSPS) is 12.1. The second-order valence-corrected chi connectivity index (χ2v) is 9.08. The highest BCUT2D eigenvalue weighted by atomic mass is 16.7. The maximum Gasteiger partial charge on any atom is 0.199 e. The molecule has 0 aliphatic carbocycles. The number of nitrogens with zero attached hydrogens (tertiary/aromatic N) is 2. The van der Waals surface area contributed by atoms with Crippen molar-refractivity contribution >= 4 is 0 Å². The van der Waals surface area contributed by atoms with E-state index < -0.39 is 0 Å². The maximum atomic E-state index is 6.13. The molecule has 0 fully saturated rings. The van der Waals surface area contributed by atoms with Crippen LogP contribution in [-0.2, 0) is 11.2 Å². The molecule has 0 N–H and O–H groups in total. The van der Waals surface area contributed by atoms with Crippen LogP contribution in [0.3, 0.4) is 0 Å². The van der Waals surface area contributed by atoms with E-state index in [4.69, 9.17) is 9.47 Å². The molecule has 0 amide bonds. The van der Waals surface area contributed by atoms with Crippen LogP contribution in [0.4, 0.5) is 0 Å². The van der Waals surface area contributed by atoms with Crippen molar-refractivity contribution in [2.24, 2.45) is 0 Å². The number of hydrogen-bond donors (Lipinski definition) is 0. The van der Waals surface area contributed by atoms with Crippen molar-refractivity contribution in [1.29, 1.82) is 0 Å². The second kappa shape index (κ2) is 17.5. The smallest absolute Gasteiger partial charge is 0.199 e. The van der Waals surface area contributed by atoms with E-state index in [0.29, 0.717) is 0 Å². The van der Waals surface area contributed by atoms with E-state index in [1.165, 1.54) is 63.4 Å². The fraction of sp³-hybridized carbons (Fsp3) is 0.655. The molecule has 1 atom stereocenters. The van der Waals surface area contributed by atoms with Crippen molar-refractivity contribution in [3.05, 3.63) is 42.2 Å². The predicted octanol–water partition coefficient (Wildman–Crippen LogP) is 8.54. The van der Waals surface area contributed by atoms with Gasteiger partial charge in [-0.25, -0.2) is 9.97 Å². The lowest BCUT2D eigenvalue weighted by Crippen LogP contribution is -2.21. The molecule has 0 saturated heterocycles. The van der Waals surface area contributed by atoms with Crippen LogP contribution in [0.15, 0.2) is 36.7 Å². The highest BCUT2D eigenvalue weighted by molar-refractivity contribution is 5.55. The van der Waals surface area contributed by atoms with Crippen LogP contribution < -0.4 is 4.74 Å². The van der Waals surface area contributed by atoms with Gasteiger partial charge in [0, 0.05) is 24.4 Å². The third-order valence-corrected chi connectivity index (χ3v) is 6.00. The van der Waals surface area contributed by atoms with Gasteiger partial charge in [0.15, 0.2) is 12.1 Å². The van der Waals surface area contributed by atoms with Gasteiger partial charge in [-0.3, -0.25) is 0 Å². The molecule has 0 aliphatic heterocycles. The zero-order valence-electron chi connectivity index (χ0n) is 21.4. The summed E-state index contributed by atoms with van der Waals surface area (Å²) < 4.78 is 12.1. The number of aryl methyl sites for hydroxylation is 1. The Hall–Kier alpha value is -1.94. The van der Waals surface area contributed by atoms with Gasteiger partial charge in [0.25, 0.3) is 0 Å². The van der Waals surface area contributed by atoms with E-state index in [-0.39, 0.29) is 6.29 Å². The van der Waals surface area contributed by atoms with Gasteiger partial charge in [-0.1, -0.05) is 78.6 Å². The SMILES string of the molecule is CCCCCCCCCc1cnc(-c2ccc(OC(CCCC)OCCCCC)cc2)nc1. The minimum Gasteiger partial charge on any atom is -0.465 e. The first-order chi connectivity index (χ1) is 16.3. The van der Waals surface area contributed by atoms with Crippen molar-refractivity contribution in [1.82, 2.24) is 9.97 Å². The second-order valence-electron chi connectivity index (χ2n) is 9.08. The molecule has 1 aromatic heterocycles. The minimum absolute atomic E-state index is 0.171. The maximum absolute atomic E-state index is 6.13. The Morgan fingerprint density at radius 1 is 0.697 bits per heavy atom. The molecule has 0 bridgehead atoms. The van der Waals surface area contributed by atoms with Gasteiger partial charge < -0.3 is 9.47 Å². The molecule has 1 heterocycles. The molecule has 184 valence electrons. The summed E-state index contributed by atoms with van der Waals surface area (Å²) in [6.07, 6.45) is 20.8. The van der Waals surface area contributed by atoms with Crippen LogP contribution >= 0.6 is 0 Å². The number of ether oxygens (including phenoxy) is 2. The van der Waals surface area contributed by atoms with Gasteiger partial charge in [0.2, 0.25) is 0 Å². The first kappa shape index (κ1) is 27.3. The molecule has 1 aromatic carbocycles. The van der Waals surface area contributed by atoms with Crippen LogP contribution in [0.25, 0.3) is 11.4 Å². The number of unbranched alkanes of at least 4 members (excludes halogenated alkanes) is 9. The van der Waals surface area contributed by atoms with E-state index >= 15 is 0 Å². The van der Waals surface area contributed by atoms with Crippen LogP contribution in [0.5, 0.6) is 5.75 Å². The zero-order valence-corrected chi connectivity index (χ0v) is 21.4. The van der Waals surface area contributed by atoms with Gasteiger partial charge in [0.05, 0.1) is 6.61 Å². The third kappa shape index (κ3) is 11.7. The van der Waals surface area contributed by atoms with Crippen molar-refractivity contribution in [3.8, 4) is 17.1 Å². The molecule has 0 radical (unpaired) electrons. The van der Waals surface area contributed by atoms with Gasteiger partial charge in [-0.05, 0) is 55.5 Å². The summed E-state index contributed by atoms with van der Waals surface area (Å²) in [7, 11) is 0. The standard InChI is InChI=1S/C29H46N2O2/c1-4-7-10-11-12-13-14-16-25-23-30-29(31-24-25)26-18-20-27(21-19-26)33-28(17-9-6-3)32-22-15-8-5-2/h18-21,23-24,28H,4-17,22H2,1-3H3. The molecular formula is C29H46N2O2. The zero-order chi connectivity index (χ0) is 23.6. The van der Waals surface area contributed by atoms with Crippen LogP contribution in [0.1, 0.15) is 110 Å². The molecule has 2 aromatic rings. The van der Waals surface area contributed by atoms with E-state index in [1.807, 2.05) is 36.7 Å². The lowest BCUT2D eigenvalue weighted by molar-refractivity contribution is -0.0863. The highest BCUT2D eigenvalue weighted by Gasteiger charge is 2.11. The lowest BCUT2D eigenvalue weighted by Gasteiger charge is -2.19. The van der Waals surface area contributed by atoms with Crippen LogP contribution in [-0.4, -0.2) is 22.9 Å². The first-order valence-corrected chi connectivity index (χ1v) is 13.5. The number of hydrogen-bond acceptors (Lipinski definition) is 4. The Kier molecular flexibility index (Phi) is 14.5. The number of benzene rings is 1. The van der Waals surface area contributed by atoms with E-state index in [1.54, 1.807) is 0 Å². The number of rotatable bonds is 19. The molecule has 4 nitrogen and oxygen atoms in total. The monoisotopic (exact) mass is 454 g/mol. The van der Waals surface area contributed by atoms with E-state index in [2.05, 4.69) is 30.7 Å². The number of aromatic nitrogens is 2. The molecular weight excluding hydrogens is 408 g/mol. The van der Waals surface area contributed by atoms with Gasteiger partial charge >= 0.3 is 0 Å². The molecule has 4 heteroatoms. The van der Waals surface area contributed by atoms with Crippen molar-refractivity contribution in [2.45, 2.75) is 117 Å². The summed E-state index contributed by atoms with van der Waals surface area (Å²) >= 11 is 0. The molecule has 0 aliphatic rings. The van der Waals surface area contributed by atoms with Crippen LogP contribution in [0.2, 0.25) is 0 Å². The first-order valence-electron chi connectivity index (χ1n) is 13.5. The summed E-state index contributed by atoms with van der Waals surface area (Å²) in [6.45, 7) is 7.43. The quantitative estimate of drug-likeness (QED) is 0.157. The van der Waals surface area contributed by atoms with Crippen LogP contribution in [0, 0.1) is 0 Å². The Balaban J connectivity index is 1.80. The largest absolute Gasteiger partial charge is 0.465 e. The summed E-state index contributed by atoms with van der Waals surface area (Å²) in [6, 6.07) is 8.07. The summed E-state index contributed by atoms with van der Waals surface area (Å²) in [5, 5.41) is 0. The Bertz CT molecular complexity index is 715. The summed E-state index contributed by atoms with van der Waals surface area (Å²) in [5.74, 6) is 1.61.